The number of esters is 2. The van der Waals surface area contributed by atoms with Crippen LogP contribution in [0.4, 0.5) is 0 Å². The molecule has 1 unspecified atom stereocenters. The van der Waals surface area contributed by atoms with Crippen LogP contribution in [0.5, 0.6) is 0 Å². The average Bonchev–Trinajstić information content (AvgIpc) is 2.58. The van der Waals surface area contributed by atoms with Crippen LogP contribution in [0.15, 0.2) is 54.6 Å². The highest BCUT2D eigenvalue weighted by atomic mass is 16.6. The summed E-state index contributed by atoms with van der Waals surface area (Å²) < 4.78 is 10.5. The van der Waals surface area contributed by atoms with Crippen LogP contribution >= 0.6 is 0 Å². The van der Waals surface area contributed by atoms with Gasteiger partial charge in [-0.1, -0.05) is 48.5 Å². The molecule has 0 radical (unpaired) electrons. The Balaban J connectivity index is 1.97. The lowest BCUT2D eigenvalue weighted by atomic mass is 10.0. The smallest absolute Gasteiger partial charge is 0.320 e. The molecule has 0 bridgehead atoms. The first-order valence-electron chi connectivity index (χ1n) is 8.30. The zero-order valence-corrected chi connectivity index (χ0v) is 15.1. The van der Waals surface area contributed by atoms with Gasteiger partial charge in [-0.15, -0.1) is 0 Å². The Kier molecular flexibility index (Phi) is 5.97. The van der Waals surface area contributed by atoms with Crippen LogP contribution in [0.2, 0.25) is 0 Å². The van der Waals surface area contributed by atoms with Crippen LogP contribution in [-0.2, 0) is 25.7 Å². The Morgan fingerprint density at radius 1 is 0.920 bits per heavy atom. The second kappa shape index (κ2) is 7.97. The van der Waals surface area contributed by atoms with Crippen LogP contribution in [0.1, 0.15) is 33.3 Å². The Hall–Kier alpha value is -2.62. The van der Waals surface area contributed by atoms with Gasteiger partial charge in [0, 0.05) is 0 Å². The van der Waals surface area contributed by atoms with Crippen LogP contribution < -0.4 is 0 Å². The second-order valence-corrected chi connectivity index (χ2v) is 6.93. The Bertz CT molecular complexity index is 729. The molecule has 0 fully saturated rings. The molecule has 0 N–H and O–H groups in total. The highest BCUT2D eigenvalue weighted by molar-refractivity contribution is 5.94. The van der Waals surface area contributed by atoms with Crippen molar-refractivity contribution in [1.29, 1.82) is 0 Å². The minimum absolute atomic E-state index is 0.118. The maximum Gasteiger partial charge on any atom is 0.320 e. The zero-order valence-electron chi connectivity index (χ0n) is 15.1. The van der Waals surface area contributed by atoms with E-state index in [1.54, 1.807) is 20.8 Å². The first kappa shape index (κ1) is 18.7. The van der Waals surface area contributed by atoms with E-state index in [2.05, 4.69) is 0 Å². The molecule has 25 heavy (non-hydrogen) atoms. The first-order valence-corrected chi connectivity index (χ1v) is 8.30. The van der Waals surface area contributed by atoms with E-state index in [0.717, 1.165) is 16.7 Å². The summed E-state index contributed by atoms with van der Waals surface area (Å²) in [7, 11) is 0. The fraction of sp³-hybridized carbons (Fsp3) is 0.333. The molecule has 4 nitrogen and oxygen atoms in total. The lowest BCUT2D eigenvalue weighted by Gasteiger charge is -2.21. The molecule has 1 atom stereocenters. The summed E-state index contributed by atoms with van der Waals surface area (Å²) in [6.45, 7) is 6.90. The average molecular weight is 340 g/mol. The van der Waals surface area contributed by atoms with Crippen molar-refractivity contribution < 1.29 is 19.1 Å². The summed E-state index contributed by atoms with van der Waals surface area (Å²) in [5, 5.41) is 0. The van der Waals surface area contributed by atoms with Crippen molar-refractivity contribution in [2.45, 2.75) is 39.9 Å². The molecular weight excluding hydrogens is 316 g/mol. The largest absolute Gasteiger partial charge is 0.460 e. The van der Waals surface area contributed by atoms with Crippen molar-refractivity contribution >= 4 is 11.9 Å². The maximum atomic E-state index is 12.1. The van der Waals surface area contributed by atoms with E-state index in [9.17, 15) is 9.59 Å². The lowest BCUT2D eigenvalue weighted by Crippen LogP contribution is -2.32. The van der Waals surface area contributed by atoms with E-state index in [1.807, 2.05) is 54.6 Å². The topological polar surface area (TPSA) is 52.6 Å². The van der Waals surface area contributed by atoms with Gasteiger partial charge in [0.15, 0.2) is 5.92 Å². The van der Waals surface area contributed by atoms with Crippen LogP contribution in [-0.4, -0.2) is 17.5 Å². The molecule has 0 saturated heterocycles. The number of carbonyl (C=O) groups is 2. The molecule has 0 aliphatic heterocycles. The summed E-state index contributed by atoms with van der Waals surface area (Å²) >= 11 is 0. The third-order valence-electron chi connectivity index (χ3n) is 3.53. The van der Waals surface area contributed by atoms with Crippen molar-refractivity contribution in [1.82, 2.24) is 0 Å². The summed E-state index contributed by atoms with van der Waals surface area (Å²) in [4.78, 5) is 24.0. The Morgan fingerprint density at radius 3 is 2.20 bits per heavy atom. The van der Waals surface area contributed by atoms with Crippen molar-refractivity contribution in [3.05, 3.63) is 60.2 Å². The van der Waals surface area contributed by atoms with E-state index in [1.165, 1.54) is 6.92 Å². The molecule has 0 heterocycles. The summed E-state index contributed by atoms with van der Waals surface area (Å²) in [6.07, 6.45) is 0. The van der Waals surface area contributed by atoms with E-state index < -0.39 is 23.5 Å². The van der Waals surface area contributed by atoms with Crippen molar-refractivity contribution in [2.24, 2.45) is 5.92 Å². The third-order valence-corrected chi connectivity index (χ3v) is 3.53. The van der Waals surface area contributed by atoms with Gasteiger partial charge >= 0.3 is 11.9 Å². The number of hydrogen-bond donors (Lipinski definition) is 0. The Morgan fingerprint density at radius 2 is 1.56 bits per heavy atom. The quantitative estimate of drug-likeness (QED) is 0.599. The zero-order chi connectivity index (χ0) is 18.4. The highest BCUT2D eigenvalue weighted by Crippen LogP contribution is 2.20. The lowest BCUT2D eigenvalue weighted by molar-refractivity contribution is -0.168. The molecule has 2 aromatic rings. The summed E-state index contributed by atoms with van der Waals surface area (Å²) in [5.41, 5.74) is 2.38. The van der Waals surface area contributed by atoms with Gasteiger partial charge in [-0.05, 0) is 50.5 Å². The van der Waals surface area contributed by atoms with Gasteiger partial charge in [-0.25, -0.2) is 0 Å². The van der Waals surface area contributed by atoms with Crippen molar-refractivity contribution in [3.63, 3.8) is 0 Å². The van der Waals surface area contributed by atoms with Crippen molar-refractivity contribution in [2.75, 3.05) is 0 Å². The second-order valence-electron chi connectivity index (χ2n) is 6.93. The van der Waals surface area contributed by atoms with Crippen LogP contribution in [0, 0.1) is 5.92 Å². The normalized spacial score (nSPS) is 12.3. The molecule has 0 saturated carbocycles. The number of rotatable bonds is 5. The van der Waals surface area contributed by atoms with Gasteiger partial charge in [-0.3, -0.25) is 9.59 Å². The van der Waals surface area contributed by atoms with Crippen LogP contribution in [0.25, 0.3) is 11.1 Å². The SMILES string of the molecule is CC(C(=O)OCc1cccc(-c2ccccc2)c1)C(=O)OC(C)(C)C. The molecule has 0 aromatic heterocycles. The molecule has 4 heteroatoms. The maximum absolute atomic E-state index is 12.1. The monoisotopic (exact) mass is 340 g/mol. The standard InChI is InChI=1S/C21H24O4/c1-15(20(23)25-21(2,3)4)19(22)24-14-16-9-8-12-18(13-16)17-10-6-5-7-11-17/h5-13,15H,14H2,1-4H3. The summed E-state index contributed by atoms with van der Waals surface area (Å²) in [6, 6.07) is 17.7. The predicted octanol–water partition coefficient (Wildman–Crippen LogP) is 4.37. The van der Waals surface area contributed by atoms with E-state index in [0.29, 0.717) is 0 Å². The number of hydrogen-bond acceptors (Lipinski definition) is 4. The first-order chi connectivity index (χ1) is 11.8. The number of carbonyl (C=O) groups excluding carboxylic acids is 2. The fourth-order valence-electron chi connectivity index (χ4n) is 2.24. The molecule has 0 spiro atoms. The van der Waals surface area contributed by atoms with Gasteiger partial charge in [0.25, 0.3) is 0 Å². The fourth-order valence-corrected chi connectivity index (χ4v) is 2.24. The van der Waals surface area contributed by atoms with E-state index >= 15 is 0 Å². The molecule has 0 amide bonds. The molecule has 0 aliphatic carbocycles. The van der Waals surface area contributed by atoms with Gasteiger partial charge in [-0.2, -0.15) is 0 Å². The van der Waals surface area contributed by atoms with Gasteiger partial charge in [0.05, 0.1) is 0 Å². The van der Waals surface area contributed by atoms with E-state index in [4.69, 9.17) is 9.47 Å². The summed E-state index contributed by atoms with van der Waals surface area (Å²) in [5.74, 6) is -2.11. The van der Waals surface area contributed by atoms with Gasteiger partial charge < -0.3 is 9.47 Å². The number of benzene rings is 2. The number of ether oxygens (including phenoxy) is 2. The predicted molar refractivity (Wildman–Crippen MR) is 96.7 cm³/mol. The molecule has 2 aromatic carbocycles. The molecular formula is C21H24O4. The molecule has 0 aliphatic rings. The molecule has 2 rings (SSSR count). The van der Waals surface area contributed by atoms with E-state index in [-0.39, 0.29) is 6.61 Å². The highest BCUT2D eigenvalue weighted by Gasteiger charge is 2.28. The van der Waals surface area contributed by atoms with Gasteiger partial charge in [0.2, 0.25) is 0 Å². The minimum atomic E-state index is -0.948. The third kappa shape index (κ3) is 5.75. The van der Waals surface area contributed by atoms with Gasteiger partial charge in [0.1, 0.15) is 12.2 Å². The Labute approximate surface area is 148 Å². The minimum Gasteiger partial charge on any atom is -0.460 e. The molecule has 132 valence electrons. The van der Waals surface area contributed by atoms with Crippen LogP contribution in [0.3, 0.4) is 0 Å². The van der Waals surface area contributed by atoms with Crippen molar-refractivity contribution in [3.8, 4) is 11.1 Å².